The van der Waals surface area contributed by atoms with Crippen LogP contribution in [0.4, 0.5) is 0 Å². The van der Waals surface area contributed by atoms with Crippen LogP contribution in [0.3, 0.4) is 0 Å². The first kappa shape index (κ1) is 12.9. The lowest BCUT2D eigenvalue weighted by Crippen LogP contribution is -2.30. The maximum absolute atomic E-state index is 5.52. The zero-order valence-corrected chi connectivity index (χ0v) is 8.84. The Hall–Kier alpha value is -0.120. The zero-order chi connectivity index (χ0) is 10.1. The van der Waals surface area contributed by atoms with E-state index in [1.54, 1.807) is 0 Å². The minimum atomic E-state index is -0.141. The van der Waals surface area contributed by atoms with Gasteiger partial charge in [-0.2, -0.15) is 0 Å². The van der Waals surface area contributed by atoms with E-state index in [1.165, 1.54) is 19.3 Å². The average molecular weight is 187 g/mol. The summed E-state index contributed by atoms with van der Waals surface area (Å²) in [6, 6.07) is 0. The molecule has 1 unspecified atom stereocenters. The van der Waals surface area contributed by atoms with Crippen molar-refractivity contribution in [2.24, 2.45) is 23.1 Å². The molecule has 80 valence electrons. The van der Waals surface area contributed by atoms with Gasteiger partial charge in [-0.3, -0.25) is 0 Å². The second-order valence-corrected chi connectivity index (χ2v) is 3.83. The van der Waals surface area contributed by atoms with Crippen LogP contribution < -0.4 is 17.2 Å². The number of rotatable bonds is 8. The minimum Gasteiger partial charge on any atom is -0.330 e. The largest absolute Gasteiger partial charge is 0.330 e. The van der Waals surface area contributed by atoms with Crippen molar-refractivity contribution in [1.82, 2.24) is 0 Å². The van der Waals surface area contributed by atoms with E-state index in [2.05, 4.69) is 6.92 Å². The Morgan fingerprint density at radius 3 is 2.15 bits per heavy atom. The molecule has 0 aliphatic carbocycles. The van der Waals surface area contributed by atoms with Crippen LogP contribution in [0.2, 0.25) is 0 Å². The van der Waals surface area contributed by atoms with Gasteiger partial charge in [0.1, 0.15) is 0 Å². The lowest BCUT2D eigenvalue weighted by Gasteiger charge is -2.16. The highest BCUT2D eigenvalue weighted by atomic mass is 14.8. The third kappa shape index (κ3) is 8.22. The molecule has 0 radical (unpaired) electrons. The molecule has 0 aromatic heterocycles. The van der Waals surface area contributed by atoms with Gasteiger partial charge in [-0.1, -0.05) is 19.8 Å². The maximum atomic E-state index is 5.52. The summed E-state index contributed by atoms with van der Waals surface area (Å²) >= 11 is 0. The Bertz CT molecular complexity index is 104. The van der Waals surface area contributed by atoms with Crippen molar-refractivity contribution in [3.63, 3.8) is 0 Å². The van der Waals surface area contributed by atoms with Crippen LogP contribution in [-0.4, -0.2) is 12.7 Å². The lowest BCUT2D eigenvalue weighted by molar-refractivity contribution is 0.381. The Balaban J connectivity index is 3.53. The molecule has 13 heavy (non-hydrogen) atoms. The minimum absolute atomic E-state index is 0.141. The topological polar surface area (TPSA) is 78.1 Å². The third-order valence-electron chi connectivity index (χ3n) is 2.42. The zero-order valence-electron chi connectivity index (χ0n) is 8.84. The number of hydrogen-bond donors (Lipinski definition) is 3. The van der Waals surface area contributed by atoms with E-state index in [1.807, 2.05) is 0 Å². The Kier molecular flexibility index (Phi) is 8.40. The van der Waals surface area contributed by atoms with Crippen LogP contribution in [-0.2, 0) is 0 Å². The van der Waals surface area contributed by atoms with Crippen molar-refractivity contribution in [2.75, 3.05) is 6.54 Å². The molecule has 0 aromatic rings. The molecule has 0 amide bonds. The first-order valence-corrected chi connectivity index (χ1v) is 5.42. The van der Waals surface area contributed by atoms with E-state index in [4.69, 9.17) is 17.2 Å². The molecule has 0 rings (SSSR count). The molecule has 1 atom stereocenters. The third-order valence-corrected chi connectivity index (χ3v) is 2.42. The highest BCUT2D eigenvalue weighted by Crippen LogP contribution is 2.19. The second kappa shape index (κ2) is 8.48. The lowest BCUT2D eigenvalue weighted by atomic mass is 9.92. The van der Waals surface area contributed by atoms with E-state index in [9.17, 15) is 0 Å². The monoisotopic (exact) mass is 187 g/mol. The first-order chi connectivity index (χ1) is 6.20. The van der Waals surface area contributed by atoms with Gasteiger partial charge in [0.2, 0.25) is 0 Å². The molecule has 0 aliphatic heterocycles. The number of nitrogens with two attached hydrogens (primary N) is 3. The Morgan fingerprint density at radius 1 is 1.00 bits per heavy atom. The van der Waals surface area contributed by atoms with Crippen molar-refractivity contribution < 1.29 is 0 Å². The first-order valence-electron chi connectivity index (χ1n) is 5.42. The van der Waals surface area contributed by atoms with Gasteiger partial charge < -0.3 is 17.2 Å². The van der Waals surface area contributed by atoms with Gasteiger partial charge in [-0.15, -0.1) is 0 Å². The van der Waals surface area contributed by atoms with Gasteiger partial charge in [0.05, 0.1) is 6.17 Å². The summed E-state index contributed by atoms with van der Waals surface area (Å²) in [4.78, 5) is 0. The fraction of sp³-hybridized carbons (Fsp3) is 1.00. The van der Waals surface area contributed by atoms with Crippen LogP contribution >= 0.6 is 0 Å². The summed E-state index contributed by atoms with van der Waals surface area (Å²) in [6.45, 7) is 3.02. The highest BCUT2D eigenvalue weighted by molar-refractivity contribution is 4.62. The number of hydrogen-bond acceptors (Lipinski definition) is 3. The second-order valence-electron chi connectivity index (χ2n) is 3.83. The molecule has 3 nitrogen and oxygen atoms in total. The summed E-state index contributed by atoms with van der Waals surface area (Å²) in [5, 5.41) is 0. The van der Waals surface area contributed by atoms with E-state index >= 15 is 0 Å². The average Bonchev–Trinajstić information content (AvgIpc) is 2.09. The Labute approximate surface area is 82.0 Å². The van der Waals surface area contributed by atoms with Crippen molar-refractivity contribution in [3.8, 4) is 0 Å². The summed E-state index contributed by atoms with van der Waals surface area (Å²) in [5.74, 6) is 0.781. The maximum Gasteiger partial charge on any atom is 0.0520 e. The van der Waals surface area contributed by atoms with E-state index < -0.39 is 0 Å². The van der Waals surface area contributed by atoms with Crippen LogP contribution in [0.25, 0.3) is 0 Å². The van der Waals surface area contributed by atoms with E-state index in [0.717, 1.165) is 31.7 Å². The van der Waals surface area contributed by atoms with E-state index in [-0.39, 0.29) is 6.17 Å². The molecular formula is C10H25N3. The summed E-state index contributed by atoms with van der Waals surface area (Å²) in [6.07, 6.45) is 6.85. The van der Waals surface area contributed by atoms with Gasteiger partial charge in [-0.25, -0.2) is 0 Å². The van der Waals surface area contributed by atoms with Crippen LogP contribution in [0.15, 0.2) is 0 Å². The fourth-order valence-corrected chi connectivity index (χ4v) is 1.68. The van der Waals surface area contributed by atoms with Crippen molar-refractivity contribution in [2.45, 2.75) is 51.6 Å². The van der Waals surface area contributed by atoms with Gasteiger partial charge in [0, 0.05) is 0 Å². The van der Waals surface area contributed by atoms with Crippen LogP contribution in [0, 0.1) is 5.92 Å². The summed E-state index contributed by atoms with van der Waals surface area (Å²) in [5.41, 5.74) is 16.5. The van der Waals surface area contributed by atoms with Crippen molar-refractivity contribution in [3.05, 3.63) is 0 Å². The van der Waals surface area contributed by atoms with E-state index in [0.29, 0.717) is 0 Å². The molecule has 0 saturated carbocycles. The highest BCUT2D eigenvalue weighted by Gasteiger charge is 2.08. The smallest absolute Gasteiger partial charge is 0.0520 e. The molecule has 0 saturated heterocycles. The molecule has 6 N–H and O–H groups in total. The quantitative estimate of drug-likeness (QED) is 0.499. The molecule has 3 heteroatoms. The predicted octanol–water partition coefficient (Wildman–Crippen LogP) is 1.17. The van der Waals surface area contributed by atoms with Crippen molar-refractivity contribution in [1.29, 1.82) is 0 Å². The van der Waals surface area contributed by atoms with Crippen LogP contribution in [0.5, 0.6) is 0 Å². The predicted molar refractivity (Wildman–Crippen MR) is 58.1 cm³/mol. The summed E-state index contributed by atoms with van der Waals surface area (Å²) in [7, 11) is 0. The fourth-order valence-electron chi connectivity index (χ4n) is 1.68. The molecule has 0 bridgehead atoms. The van der Waals surface area contributed by atoms with Gasteiger partial charge in [-0.05, 0) is 38.1 Å². The van der Waals surface area contributed by atoms with Gasteiger partial charge in [0.15, 0.2) is 0 Å². The van der Waals surface area contributed by atoms with Gasteiger partial charge >= 0.3 is 0 Å². The molecule has 0 spiro atoms. The van der Waals surface area contributed by atoms with Gasteiger partial charge in [0.25, 0.3) is 0 Å². The standard InChI is InChI=1S/C10H25N3/c1-2-4-9(5-3-8-11)6-7-10(12)13/h9-10H,2-8,11-13H2,1H3. The molecular weight excluding hydrogens is 162 g/mol. The SMILES string of the molecule is CCCC(CCCN)CCC(N)N. The van der Waals surface area contributed by atoms with Crippen molar-refractivity contribution >= 4 is 0 Å². The molecule has 0 aromatic carbocycles. The molecule has 0 aliphatic rings. The Morgan fingerprint density at radius 2 is 1.69 bits per heavy atom. The normalized spacial score (nSPS) is 13.6. The van der Waals surface area contributed by atoms with Crippen LogP contribution in [0.1, 0.15) is 45.4 Å². The summed E-state index contributed by atoms with van der Waals surface area (Å²) < 4.78 is 0. The molecule has 0 heterocycles. The molecule has 0 fully saturated rings.